The molecule has 1 aliphatic carbocycles. The van der Waals surface area contributed by atoms with Crippen LogP contribution in [0.3, 0.4) is 0 Å². The van der Waals surface area contributed by atoms with Gasteiger partial charge in [-0.15, -0.1) is 0 Å². The third-order valence-corrected chi connectivity index (χ3v) is 6.62. The Morgan fingerprint density at radius 3 is 2.63 bits per heavy atom. The van der Waals surface area contributed by atoms with E-state index in [1.165, 1.54) is 12.1 Å². The van der Waals surface area contributed by atoms with Crippen molar-refractivity contribution in [2.24, 2.45) is 5.73 Å². The van der Waals surface area contributed by atoms with Crippen molar-refractivity contribution in [2.45, 2.75) is 31.3 Å². The molecule has 2 aliphatic rings. The second-order valence-corrected chi connectivity index (χ2v) is 8.77. The summed E-state index contributed by atoms with van der Waals surface area (Å²) < 4.78 is 31.0. The summed E-state index contributed by atoms with van der Waals surface area (Å²) in [6.07, 6.45) is 2.25. The van der Waals surface area contributed by atoms with E-state index in [9.17, 15) is 14.4 Å². The normalized spacial score (nSPS) is 19.7. The summed E-state index contributed by atoms with van der Waals surface area (Å²) >= 11 is 6.07. The van der Waals surface area contributed by atoms with Gasteiger partial charge >= 0.3 is 0 Å². The molecule has 6 nitrogen and oxygen atoms in total. The van der Waals surface area contributed by atoms with Gasteiger partial charge in [-0.1, -0.05) is 29.8 Å². The Bertz CT molecular complexity index is 1370. The quantitative estimate of drug-likeness (QED) is 0.481. The minimum absolute atomic E-state index is 0.0151. The highest BCUT2D eigenvalue weighted by molar-refractivity contribution is 6.31. The van der Waals surface area contributed by atoms with Crippen LogP contribution < -0.4 is 10.5 Å². The third-order valence-electron chi connectivity index (χ3n) is 6.26. The Labute approximate surface area is 206 Å². The molecule has 35 heavy (non-hydrogen) atoms. The van der Waals surface area contributed by atoms with Crippen molar-refractivity contribution in [3.05, 3.63) is 111 Å². The number of carbonyl (C=O) groups is 1. The van der Waals surface area contributed by atoms with Crippen molar-refractivity contribution in [2.75, 3.05) is 0 Å². The number of nitrogens with two attached hydrogens (primary N) is 1. The highest BCUT2D eigenvalue weighted by Crippen LogP contribution is 2.46. The van der Waals surface area contributed by atoms with E-state index in [0.29, 0.717) is 34.8 Å². The number of ketones is 1. The molecule has 1 aromatic heterocycles. The summed E-state index contributed by atoms with van der Waals surface area (Å²) in [5.41, 5.74) is 7.67. The zero-order valence-electron chi connectivity index (χ0n) is 18.5. The number of rotatable bonds is 5. The average molecular weight is 491 g/mol. The molecule has 3 aromatic rings. The number of hydrogen-bond donors (Lipinski definition) is 1. The van der Waals surface area contributed by atoms with Crippen LogP contribution in [0.1, 0.15) is 41.6 Å². The smallest absolute Gasteiger partial charge is 0.205 e. The minimum Gasteiger partial charge on any atom is -0.489 e. The Morgan fingerprint density at radius 1 is 1.14 bits per heavy atom. The summed E-state index contributed by atoms with van der Waals surface area (Å²) in [5.74, 6) is 0.259. The molecule has 0 saturated carbocycles. The number of carbonyl (C=O) groups excluding carboxylic acids is 1. The van der Waals surface area contributed by atoms with Crippen LogP contribution in [0.25, 0.3) is 0 Å². The first-order valence-corrected chi connectivity index (χ1v) is 11.4. The highest BCUT2D eigenvalue weighted by atomic mass is 35.5. The van der Waals surface area contributed by atoms with E-state index in [1.807, 2.05) is 6.07 Å². The van der Waals surface area contributed by atoms with Crippen LogP contribution in [0.2, 0.25) is 5.02 Å². The third kappa shape index (κ3) is 4.29. The van der Waals surface area contributed by atoms with E-state index >= 15 is 0 Å². The van der Waals surface area contributed by atoms with Gasteiger partial charge in [0.1, 0.15) is 41.3 Å². The van der Waals surface area contributed by atoms with Gasteiger partial charge in [-0.25, -0.2) is 4.39 Å². The van der Waals surface area contributed by atoms with Crippen molar-refractivity contribution in [1.29, 1.82) is 5.26 Å². The van der Waals surface area contributed by atoms with Crippen LogP contribution in [0.4, 0.5) is 4.39 Å². The molecule has 0 radical (unpaired) electrons. The number of benzene rings is 2. The molecule has 0 spiro atoms. The lowest BCUT2D eigenvalue weighted by atomic mass is 9.74. The van der Waals surface area contributed by atoms with Gasteiger partial charge in [-0.05, 0) is 42.0 Å². The lowest BCUT2D eigenvalue weighted by Gasteiger charge is -2.33. The Hall–Kier alpha value is -4.02. The van der Waals surface area contributed by atoms with Crippen molar-refractivity contribution in [3.8, 4) is 11.8 Å². The number of nitrogens with zero attached hydrogens (tertiary/aromatic N) is 1. The number of nitriles is 1. The van der Waals surface area contributed by atoms with Crippen LogP contribution in [0.5, 0.6) is 5.75 Å². The number of hydrogen-bond acceptors (Lipinski definition) is 6. The van der Waals surface area contributed by atoms with Crippen LogP contribution in [-0.2, 0) is 16.1 Å². The molecule has 2 heterocycles. The van der Waals surface area contributed by atoms with Crippen LogP contribution in [-0.4, -0.2) is 5.78 Å². The molecule has 2 atom stereocenters. The first-order valence-electron chi connectivity index (χ1n) is 11.0. The van der Waals surface area contributed by atoms with E-state index in [-0.39, 0.29) is 46.8 Å². The van der Waals surface area contributed by atoms with Crippen LogP contribution >= 0.6 is 11.6 Å². The molecule has 0 bridgehead atoms. The lowest BCUT2D eigenvalue weighted by Crippen LogP contribution is -2.29. The molecular formula is C27H20ClFN2O4. The van der Waals surface area contributed by atoms with Gasteiger partial charge in [0.15, 0.2) is 5.78 Å². The van der Waals surface area contributed by atoms with Gasteiger partial charge in [-0.2, -0.15) is 5.26 Å². The summed E-state index contributed by atoms with van der Waals surface area (Å²) in [6, 6.07) is 17.1. The molecule has 8 heteroatoms. The van der Waals surface area contributed by atoms with E-state index in [2.05, 4.69) is 6.07 Å². The fourth-order valence-electron chi connectivity index (χ4n) is 4.55. The zero-order valence-corrected chi connectivity index (χ0v) is 19.2. The molecule has 176 valence electrons. The molecule has 0 fully saturated rings. The molecule has 0 saturated heterocycles. The Kier molecular flexibility index (Phi) is 6.06. The fourth-order valence-corrected chi connectivity index (χ4v) is 4.77. The molecular weight excluding hydrogens is 471 g/mol. The SMILES string of the molecule is N#CC1=C(N)OC2=C(C(=O)C[C@@H](c3ccco3)C2)[C@@H]1c1ccc(OCc2c(F)cccc2Cl)cc1. The molecule has 2 aromatic carbocycles. The molecule has 5 rings (SSSR count). The topological polar surface area (TPSA) is 98.5 Å². The lowest BCUT2D eigenvalue weighted by molar-refractivity contribution is -0.117. The molecule has 2 N–H and O–H groups in total. The highest BCUT2D eigenvalue weighted by Gasteiger charge is 2.41. The maximum atomic E-state index is 14.0. The number of Topliss-reactive ketones (excluding diaryl/α,β-unsaturated/α-hetero) is 1. The van der Waals surface area contributed by atoms with E-state index in [1.54, 1.807) is 42.7 Å². The number of halogens is 2. The van der Waals surface area contributed by atoms with Crippen LogP contribution in [0.15, 0.2) is 88.1 Å². The first kappa shape index (κ1) is 22.8. The number of ether oxygens (including phenoxy) is 2. The summed E-state index contributed by atoms with van der Waals surface area (Å²) in [7, 11) is 0. The Balaban J connectivity index is 1.42. The first-order chi connectivity index (χ1) is 17.0. The molecule has 1 aliphatic heterocycles. The standard InChI is InChI=1S/C27H20ClFN2O4/c28-20-3-1-4-21(29)19(20)14-34-17-8-6-15(7-9-17)25-18(13-30)27(31)35-24-12-16(11-22(32)26(24)25)23-5-2-10-33-23/h1-10,16,25H,11-12,14,31H2/t16-,25-/m1/s1. The number of furan rings is 1. The van der Waals surface area contributed by atoms with Crippen molar-refractivity contribution < 1.29 is 23.1 Å². The summed E-state index contributed by atoms with van der Waals surface area (Å²) in [5, 5.41) is 10.1. The van der Waals surface area contributed by atoms with Gasteiger partial charge in [0.05, 0.1) is 17.2 Å². The second-order valence-electron chi connectivity index (χ2n) is 8.36. The van der Waals surface area contributed by atoms with E-state index in [4.69, 9.17) is 31.2 Å². The number of allylic oxidation sites excluding steroid dienone is 3. The van der Waals surface area contributed by atoms with Crippen LogP contribution in [0, 0.1) is 17.1 Å². The molecule has 0 amide bonds. The summed E-state index contributed by atoms with van der Waals surface area (Å²) in [6.45, 7) is -0.0413. The maximum Gasteiger partial charge on any atom is 0.205 e. The average Bonchev–Trinajstić information content (AvgIpc) is 3.38. The largest absolute Gasteiger partial charge is 0.489 e. The summed E-state index contributed by atoms with van der Waals surface area (Å²) in [4.78, 5) is 13.3. The van der Waals surface area contributed by atoms with Gasteiger partial charge < -0.3 is 19.6 Å². The van der Waals surface area contributed by atoms with Crippen molar-refractivity contribution in [3.63, 3.8) is 0 Å². The van der Waals surface area contributed by atoms with Crippen molar-refractivity contribution >= 4 is 17.4 Å². The predicted octanol–water partition coefficient (Wildman–Crippen LogP) is 5.86. The van der Waals surface area contributed by atoms with Crippen molar-refractivity contribution in [1.82, 2.24) is 0 Å². The van der Waals surface area contributed by atoms with Gasteiger partial charge in [0, 0.05) is 29.9 Å². The van der Waals surface area contributed by atoms with Gasteiger partial charge in [0.25, 0.3) is 0 Å². The van der Waals surface area contributed by atoms with E-state index in [0.717, 1.165) is 0 Å². The second kappa shape index (κ2) is 9.32. The zero-order chi connectivity index (χ0) is 24.5. The monoisotopic (exact) mass is 490 g/mol. The molecule has 0 unspecified atom stereocenters. The fraction of sp³-hybridized carbons (Fsp3) is 0.185. The van der Waals surface area contributed by atoms with E-state index < -0.39 is 11.7 Å². The van der Waals surface area contributed by atoms with Gasteiger partial charge in [-0.3, -0.25) is 4.79 Å². The minimum atomic E-state index is -0.649. The Morgan fingerprint density at radius 2 is 1.94 bits per heavy atom. The predicted molar refractivity (Wildman–Crippen MR) is 126 cm³/mol. The van der Waals surface area contributed by atoms with Gasteiger partial charge in [0.2, 0.25) is 5.88 Å². The maximum absolute atomic E-state index is 14.0.